The molecule has 4 nitrogen and oxygen atoms in total. The molecule has 1 aliphatic heterocycles. The summed E-state index contributed by atoms with van der Waals surface area (Å²) in [5.74, 6) is 0.751. The van der Waals surface area contributed by atoms with Gasteiger partial charge in [0.25, 0.3) is 5.91 Å². The average Bonchev–Trinajstić information content (AvgIpc) is 2.43. The lowest BCUT2D eigenvalue weighted by Gasteiger charge is -2.26. The van der Waals surface area contributed by atoms with Crippen LogP contribution in [0.3, 0.4) is 0 Å². The molecule has 5 heteroatoms. The Labute approximate surface area is 121 Å². The maximum absolute atomic E-state index is 11.9. The van der Waals surface area contributed by atoms with E-state index >= 15 is 0 Å². The van der Waals surface area contributed by atoms with Gasteiger partial charge in [0.15, 0.2) is 6.61 Å². The zero-order valence-corrected chi connectivity index (χ0v) is 12.8. The minimum atomic E-state index is 0.0153. The second-order valence-corrected chi connectivity index (χ2v) is 5.45. The SMILES string of the molecule is Cc1cc(OCC(=O)N2CCOCC2)cc(C)c1Br. The topological polar surface area (TPSA) is 38.8 Å². The first-order chi connectivity index (χ1) is 9.08. The lowest BCUT2D eigenvalue weighted by atomic mass is 10.1. The first kappa shape index (κ1) is 14.3. The zero-order chi connectivity index (χ0) is 13.8. The van der Waals surface area contributed by atoms with Crippen molar-refractivity contribution in [1.82, 2.24) is 4.90 Å². The predicted octanol–water partition coefficient (Wildman–Crippen LogP) is 2.30. The molecule has 0 aromatic heterocycles. The van der Waals surface area contributed by atoms with Crippen LogP contribution in [0, 0.1) is 13.8 Å². The van der Waals surface area contributed by atoms with E-state index in [4.69, 9.17) is 9.47 Å². The molecule has 1 amide bonds. The summed E-state index contributed by atoms with van der Waals surface area (Å²) in [5, 5.41) is 0. The number of halogens is 1. The molecule has 0 atom stereocenters. The molecule has 1 aliphatic rings. The molecule has 1 aromatic carbocycles. The monoisotopic (exact) mass is 327 g/mol. The molecule has 0 aliphatic carbocycles. The van der Waals surface area contributed by atoms with Crippen molar-refractivity contribution in [2.45, 2.75) is 13.8 Å². The predicted molar refractivity (Wildman–Crippen MR) is 76.5 cm³/mol. The third kappa shape index (κ3) is 3.70. The van der Waals surface area contributed by atoms with Crippen molar-refractivity contribution in [2.75, 3.05) is 32.9 Å². The lowest BCUT2D eigenvalue weighted by molar-refractivity contribution is -0.137. The molecule has 1 aromatic rings. The summed E-state index contributed by atoms with van der Waals surface area (Å²) in [6.07, 6.45) is 0. The number of carbonyl (C=O) groups is 1. The molecule has 1 fully saturated rings. The van der Waals surface area contributed by atoms with Crippen LogP contribution in [0.1, 0.15) is 11.1 Å². The number of carbonyl (C=O) groups excluding carboxylic acids is 1. The Morgan fingerprint density at radius 3 is 2.47 bits per heavy atom. The van der Waals surface area contributed by atoms with Gasteiger partial charge in [-0.05, 0) is 37.1 Å². The quantitative estimate of drug-likeness (QED) is 0.855. The number of amides is 1. The van der Waals surface area contributed by atoms with Gasteiger partial charge in [0.2, 0.25) is 0 Å². The van der Waals surface area contributed by atoms with Crippen molar-refractivity contribution in [1.29, 1.82) is 0 Å². The zero-order valence-electron chi connectivity index (χ0n) is 11.2. The second kappa shape index (κ2) is 6.39. The molecular weight excluding hydrogens is 310 g/mol. The van der Waals surface area contributed by atoms with Crippen molar-refractivity contribution in [3.05, 3.63) is 27.7 Å². The van der Waals surface area contributed by atoms with Crippen molar-refractivity contribution < 1.29 is 14.3 Å². The molecular formula is C14H18BrNO3. The fourth-order valence-corrected chi connectivity index (χ4v) is 2.27. The summed E-state index contributed by atoms with van der Waals surface area (Å²) in [6.45, 7) is 6.63. The molecule has 19 heavy (non-hydrogen) atoms. The van der Waals surface area contributed by atoms with Crippen LogP contribution in [0.15, 0.2) is 16.6 Å². The van der Waals surface area contributed by atoms with E-state index in [-0.39, 0.29) is 12.5 Å². The van der Waals surface area contributed by atoms with Crippen LogP contribution in [0.25, 0.3) is 0 Å². The number of benzene rings is 1. The Balaban J connectivity index is 1.93. The van der Waals surface area contributed by atoms with E-state index in [9.17, 15) is 4.79 Å². The van der Waals surface area contributed by atoms with Crippen LogP contribution < -0.4 is 4.74 Å². The summed E-state index contributed by atoms with van der Waals surface area (Å²) in [6, 6.07) is 3.87. The molecule has 0 radical (unpaired) electrons. The van der Waals surface area contributed by atoms with E-state index in [2.05, 4.69) is 15.9 Å². The van der Waals surface area contributed by atoms with Crippen LogP contribution in [0.2, 0.25) is 0 Å². The van der Waals surface area contributed by atoms with Gasteiger partial charge < -0.3 is 14.4 Å². The van der Waals surface area contributed by atoms with E-state index in [1.54, 1.807) is 4.90 Å². The molecule has 0 saturated carbocycles. The standard InChI is InChI=1S/C14H18BrNO3/c1-10-7-12(8-11(2)14(10)15)19-9-13(17)16-3-5-18-6-4-16/h7-8H,3-6,9H2,1-2H3. The number of rotatable bonds is 3. The molecule has 1 heterocycles. The van der Waals surface area contributed by atoms with Crippen molar-refractivity contribution in [3.63, 3.8) is 0 Å². The van der Waals surface area contributed by atoms with Gasteiger partial charge in [-0.2, -0.15) is 0 Å². The first-order valence-corrected chi connectivity index (χ1v) is 7.12. The highest BCUT2D eigenvalue weighted by Crippen LogP contribution is 2.26. The van der Waals surface area contributed by atoms with Crippen LogP contribution in [-0.4, -0.2) is 43.7 Å². The first-order valence-electron chi connectivity index (χ1n) is 6.33. The molecule has 104 valence electrons. The Morgan fingerprint density at radius 2 is 1.89 bits per heavy atom. The molecule has 1 saturated heterocycles. The van der Waals surface area contributed by atoms with Gasteiger partial charge in [-0.15, -0.1) is 0 Å². The van der Waals surface area contributed by atoms with Crippen LogP contribution in [0.4, 0.5) is 0 Å². The summed E-state index contributed by atoms with van der Waals surface area (Å²) < 4.78 is 11.9. The minimum absolute atomic E-state index is 0.0153. The van der Waals surface area contributed by atoms with Gasteiger partial charge in [-0.25, -0.2) is 0 Å². The largest absolute Gasteiger partial charge is 0.484 e. The van der Waals surface area contributed by atoms with E-state index in [0.717, 1.165) is 21.3 Å². The highest BCUT2D eigenvalue weighted by molar-refractivity contribution is 9.10. The Hall–Kier alpha value is -1.07. The second-order valence-electron chi connectivity index (χ2n) is 4.65. The Morgan fingerprint density at radius 1 is 1.32 bits per heavy atom. The maximum atomic E-state index is 11.9. The number of hydrogen-bond acceptors (Lipinski definition) is 3. The van der Waals surface area contributed by atoms with Crippen LogP contribution in [0.5, 0.6) is 5.75 Å². The number of hydrogen-bond donors (Lipinski definition) is 0. The molecule has 0 unspecified atom stereocenters. The third-order valence-corrected chi connectivity index (χ3v) is 4.39. The number of morpholine rings is 1. The van der Waals surface area contributed by atoms with E-state index in [1.807, 2.05) is 26.0 Å². The van der Waals surface area contributed by atoms with Gasteiger partial charge in [-0.1, -0.05) is 15.9 Å². The van der Waals surface area contributed by atoms with Crippen LogP contribution in [-0.2, 0) is 9.53 Å². The smallest absolute Gasteiger partial charge is 0.260 e. The van der Waals surface area contributed by atoms with E-state index < -0.39 is 0 Å². The van der Waals surface area contributed by atoms with Crippen molar-refractivity contribution in [3.8, 4) is 5.75 Å². The van der Waals surface area contributed by atoms with Gasteiger partial charge >= 0.3 is 0 Å². The van der Waals surface area contributed by atoms with Gasteiger partial charge in [0, 0.05) is 17.6 Å². The highest BCUT2D eigenvalue weighted by Gasteiger charge is 2.17. The Kier molecular flexibility index (Phi) is 4.82. The number of ether oxygens (including phenoxy) is 2. The number of nitrogens with zero attached hydrogens (tertiary/aromatic N) is 1. The fraction of sp³-hybridized carbons (Fsp3) is 0.500. The lowest BCUT2D eigenvalue weighted by Crippen LogP contribution is -2.42. The van der Waals surface area contributed by atoms with Crippen molar-refractivity contribution in [2.24, 2.45) is 0 Å². The summed E-state index contributed by atoms with van der Waals surface area (Å²) in [7, 11) is 0. The van der Waals surface area contributed by atoms with E-state index in [0.29, 0.717) is 26.3 Å². The molecule has 0 spiro atoms. The molecule has 0 N–H and O–H groups in total. The summed E-state index contributed by atoms with van der Waals surface area (Å²) >= 11 is 3.51. The Bertz CT molecular complexity index is 447. The summed E-state index contributed by atoms with van der Waals surface area (Å²) in [4.78, 5) is 13.7. The maximum Gasteiger partial charge on any atom is 0.260 e. The van der Waals surface area contributed by atoms with Gasteiger partial charge in [0.05, 0.1) is 13.2 Å². The van der Waals surface area contributed by atoms with Crippen molar-refractivity contribution >= 4 is 21.8 Å². The summed E-state index contributed by atoms with van der Waals surface area (Å²) in [5.41, 5.74) is 2.21. The molecule has 0 bridgehead atoms. The normalized spacial score (nSPS) is 15.4. The molecule has 2 rings (SSSR count). The number of aryl methyl sites for hydroxylation is 2. The fourth-order valence-electron chi connectivity index (χ4n) is 2.04. The average molecular weight is 328 g/mol. The van der Waals surface area contributed by atoms with Gasteiger partial charge in [0.1, 0.15) is 5.75 Å². The highest BCUT2D eigenvalue weighted by atomic mass is 79.9. The van der Waals surface area contributed by atoms with Crippen LogP contribution >= 0.6 is 15.9 Å². The van der Waals surface area contributed by atoms with Gasteiger partial charge in [-0.3, -0.25) is 4.79 Å². The third-order valence-electron chi connectivity index (χ3n) is 3.14. The van der Waals surface area contributed by atoms with E-state index in [1.165, 1.54) is 0 Å². The minimum Gasteiger partial charge on any atom is -0.484 e.